The summed E-state index contributed by atoms with van der Waals surface area (Å²) in [5, 5.41) is 8.59. The third kappa shape index (κ3) is 6.54. The van der Waals surface area contributed by atoms with E-state index in [1.54, 1.807) is 17.0 Å². The Balaban J connectivity index is 1.52. The van der Waals surface area contributed by atoms with Crippen LogP contribution in [0.2, 0.25) is 0 Å². The zero-order valence-electron chi connectivity index (χ0n) is 18.4. The molecule has 1 aliphatic heterocycles. The van der Waals surface area contributed by atoms with E-state index in [4.69, 9.17) is 0 Å². The molecule has 0 bridgehead atoms. The first-order valence-electron chi connectivity index (χ1n) is 10.8. The topological polar surface area (TPSA) is 90.5 Å². The van der Waals surface area contributed by atoms with E-state index in [0.717, 1.165) is 16.8 Å². The Morgan fingerprint density at radius 1 is 1.06 bits per heavy atom. The van der Waals surface area contributed by atoms with Crippen molar-refractivity contribution in [1.29, 1.82) is 0 Å². The maximum Gasteiger partial charge on any atom is 0.321 e. The van der Waals surface area contributed by atoms with Crippen LogP contribution >= 0.6 is 0 Å². The molecule has 0 radical (unpaired) electrons. The fraction of sp³-hybridized carbons (Fsp3) is 0.375. The number of amides is 4. The van der Waals surface area contributed by atoms with E-state index in [-0.39, 0.29) is 36.1 Å². The molecule has 1 fully saturated rings. The number of carbonyl (C=O) groups excluding carboxylic acids is 3. The lowest BCUT2D eigenvalue weighted by Gasteiger charge is -2.33. The van der Waals surface area contributed by atoms with Crippen LogP contribution in [0.1, 0.15) is 30.9 Å². The van der Waals surface area contributed by atoms with Crippen LogP contribution in [0.15, 0.2) is 48.5 Å². The number of urea groups is 1. The molecule has 1 aliphatic rings. The molecule has 1 atom stereocenters. The Hall–Kier alpha value is -3.42. The van der Waals surface area contributed by atoms with Gasteiger partial charge in [-0.1, -0.05) is 30.3 Å². The van der Waals surface area contributed by atoms with Crippen molar-refractivity contribution in [2.24, 2.45) is 0 Å². The summed E-state index contributed by atoms with van der Waals surface area (Å²) in [6.07, 6.45) is 1.51. The molecule has 1 heterocycles. The molecule has 0 unspecified atom stereocenters. The quantitative estimate of drug-likeness (QED) is 0.645. The number of halogens is 1. The highest BCUT2D eigenvalue weighted by Gasteiger charge is 2.27. The fourth-order valence-corrected chi connectivity index (χ4v) is 3.75. The van der Waals surface area contributed by atoms with Gasteiger partial charge in [-0.3, -0.25) is 9.59 Å². The number of anilines is 1. The smallest absolute Gasteiger partial charge is 0.321 e. The highest BCUT2D eigenvalue weighted by Crippen LogP contribution is 2.17. The van der Waals surface area contributed by atoms with Crippen molar-refractivity contribution in [3.05, 3.63) is 65.5 Å². The summed E-state index contributed by atoms with van der Waals surface area (Å²) in [5.74, 6) is -0.949. The molecule has 170 valence electrons. The summed E-state index contributed by atoms with van der Waals surface area (Å²) in [6.45, 7) is 4.34. The Bertz CT molecular complexity index is 956. The van der Waals surface area contributed by atoms with E-state index in [1.807, 2.05) is 31.2 Å². The second-order valence-electron chi connectivity index (χ2n) is 8.10. The van der Waals surface area contributed by atoms with Gasteiger partial charge in [0.2, 0.25) is 11.8 Å². The van der Waals surface area contributed by atoms with Crippen LogP contribution in [0.5, 0.6) is 0 Å². The normalized spacial score (nSPS) is 15.0. The van der Waals surface area contributed by atoms with E-state index in [0.29, 0.717) is 25.9 Å². The standard InChI is InChI=1S/C24H29FN4O3/c1-16-5-3-4-6-21(16)28-24(32)29-13-11-20(12-14-29)27-23(31)22(26-17(2)30)15-18-7-9-19(25)10-8-18/h3-10,20,22H,11-15H2,1-2H3,(H,26,30)(H,27,31)(H,28,32)/t22-/m1/s1. The first-order chi connectivity index (χ1) is 15.3. The van der Waals surface area contributed by atoms with Crippen LogP contribution in [0.4, 0.5) is 14.9 Å². The summed E-state index contributed by atoms with van der Waals surface area (Å²) >= 11 is 0. The number of aryl methyl sites for hydroxylation is 1. The second-order valence-corrected chi connectivity index (χ2v) is 8.10. The fourth-order valence-electron chi connectivity index (χ4n) is 3.75. The van der Waals surface area contributed by atoms with Crippen molar-refractivity contribution in [3.63, 3.8) is 0 Å². The predicted octanol–water partition coefficient (Wildman–Crippen LogP) is 2.99. The molecule has 7 nitrogen and oxygen atoms in total. The maximum atomic E-state index is 13.2. The van der Waals surface area contributed by atoms with Gasteiger partial charge in [-0.15, -0.1) is 0 Å². The zero-order valence-corrected chi connectivity index (χ0v) is 18.4. The number of hydrogen-bond acceptors (Lipinski definition) is 3. The number of piperidine rings is 1. The largest absolute Gasteiger partial charge is 0.351 e. The second kappa shape index (κ2) is 10.7. The molecule has 2 aromatic carbocycles. The van der Waals surface area contributed by atoms with Crippen molar-refractivity contribution < 1.29 is 18.8 Å². The average molecular weight is 441 g/mol. The molecule has 8 heteroatoms. The summed E-state index contributed by atoms with van der Waals surface area (Å²) in [4.78, 5) is 38.7. The summed E-state index contributed by atoms with van der Waals surface area (Å²) in [6, 6.07) is 12.5. The van der Waals surface area contributed by atoms with Gasteiger partial charge >= 0.3 is 6.03 Å². The number of benzene rings is 2. The van der Waals surface area contributed by atoms with Crippen molar-refractivity contribution in [1.82, 2.24) is 15.5 Å². The van der Waals surface area contributed by atoms with Gasteiger partial charge in [0.15, 0.2) is 0 Å². The number of nitrogens with zero attached hydrogens (tertiary/aromatic N) is 1. The van der Waals surface area contributed by atoms with Crippen molar-refractivity contribution in [2.75, 3.05) is 18.4 Å². The average Bonchev–Trinajstić information content (AvgIpc) is 2.76. The minimum absolute atomic E-state index is 0.0884. The van der Waals surface area contributed by atoms with E-state index in [9.17, 15) is 18.8 Å². The van der Waals surface area contributed by atoms with Crippen LogP contribution in [0, 0.1) is 12.7 Å². The first-order valence-corrected chi connectivity index (χ1v) is 10.8. The molecule has 0 aromatic heterocycles. The SMILES string of the molecule is CC(=O)N[C@H](Cc1ccc(F)cc1)C(=O)NC1CCN(C(=O)Nc2ccccc2C)CC1. The summed E-state index contributed by atoms with van der Waals surface area (Å²) in [5.41, 5.74) is 2.53. The van der Waals surface area contributed by atoms with Gasteiger partial charge in [0.25, 0.3) is 0 Å². The molecule has 3 rings (SSSR count). The molecular formula is C24H29FN4O3. The lowest BCUT2D eigenvalue weighted by Crippen LogP contribution is -2.53. The molecule has 3 N–H and O–H groups in total. The minimum Gasteiger partial charge on any atom is -0.351 e. The molecule has 1 saturated heterocycles. The molecule has 0 aliphatic carbocycles. The third-order valence-corrected chi connectivity index (χ3v) is 5.56. The molecule has 4 amide bonds. The number of hydrogen-bond donors (Lipinski definition) is 3. The molecule has 2 aromatic rings. The molecule has 32 heavy (non-hydrogen) atoms. The van der Waals surface area contributed by atoms with Gasteiger partial charge in [0, 0.05) is 38.2 Å². The van der Waals surface area contributed by atoms with Crippen molar-refractivity contribution in [2.45, 2.75) is 45.2 Å². The summed E-state index contributed by atoms with van der Waals surface area (Å²) < 4.78 is 13.2. The van der Waals surface area contributed by atoms with Crippen LogP contribution in [0.3, 0.4) is 0 Å². The first kappa shape index (κ1) is 23.2. The third-order valence-electron chi connectivity index (χ3n) is 5.56. The van der Waals surface area contributed by atoms with Crippen LogP contribution < -0.4 is 16.0 Å². The number of likely N-dealkylation sites (tertiary alicyclic amines) is 1. The van der Waals surface area contributed by atoms with Crippen LogP contribution in [0.25, 0.3) is 0 Å². The zero-order chi connectivity index (χ0) is 23.1. The Morgan fingerprint density at radius 3 is 2.34 bits per heavy atom. The van der Waals surface area contributed by atoms with Crippen LogP contribution in [-0.4, -0.2) is 47.9 Å². The van der Waals surface area contributed by atoms with Crippen LogP contribution in [-0.2, 0) is 16.0 Å². The number of nitrogens with one attached hydrogen (secondary N) is 3. The van der Waals surface area contributed by atoms with Gasteiger partial charge < -0.3 is 20.9 Å². The minimum atomic E-state index is -0.750. The van der Waals surface area contributed by atoms with E-state index >= 15 is 0 Å². The van der Waals surface area contributed by atoms with Crippen molar-refractivity contribution >= 4 is 23.5 Å². The lowest BCUT2D eigenvalue weighted by molar-refractivity contribution is -0.128. The van der Waals surface area contributed by atoms with Gasteiger partial charge in [-0.25, -0.2) is 9.18 Å². The molecule has 0 spiro atoms. The number of para-hydroxylation sites is 1. The van der Waals surface area contributed by atoms with E-state index in [1.165, 1.54) is 19.1 Å². The van der Waals surface area contributed by atoms with E-state index in [2.05, 4.69) is 16.0 Å². The lowest BCUT2D eigenvalue weighted by atomic mass is 10.0. The Morgan fingerprint density at radius 2 is 1.72 bits per heavy atom. The van der Waals surface area contributed by atoms with Gasteiger partial charge in [0.05, 0.1) is 0 Å². The Kier molecular flexibility index (Phi) is 7.81. The maximum absolute atomic E-state index is 13.2. The highest BCUT2D eigenvalue weighted by atomic mass is 19.1. The van der Waals surface area contributed by atoms with Gasteiger partial charge in [-0.2, -0.15) is 0 Å². The number of rotatable bonds is 6. The molecule has 0 saturated carbocycles. The predicted molar refractivity (Wildman–Crippen MR) is 121 cm³/mol. The van der Waals surface area contributed by atoms with E-state index < -0.39 is 6.04 Å². The highest BCUT2D eigenvalue weighted by molar-refractivity contribution is 5.90. The monoisotopic (exact) mass is 440 g/mol. The Labute approximate surface area is 187 Å². The molecular weight excluding hydrogens is 411 g/mol. The summed E-state index contributed by atoms with van der Waals surface area (Å²) in [7, 11) is 0. The van der Waals surface area contributed by atoms with Gasteiger partial charge in [0.1, 0.15) is 11.9 Å². The van der Waals surface area contributed by atoms with Crippen molar-refractivity contribution in [3.8, 4) is 0 Å². The van der Waals surface area contributed by atoms with Gasteiger partial charge in [-0.05, 0) is 49.1 Å². The number of carbonyl (C=O) groups is 3.